The molecule has 3 aromatic rings. The summed E-state index contributed by atoms with van der Waals surface area (Å²) in [4.78, 5) is 19.6. The van der Waals surface area contributed by atoms with Gasteiger partial charge in [-0.25, -0.2) is 4.98 Å². The zero-order chi connectivity index (χ0) is 18.6. The normalized spacial score (nSPS) is 17.4. The van der Waals surface area contributed by atoms with E-state index in [4.69, 9.17) is 4.74 Å². The minimum Gasteiger partial charge on any atom is -0.376 e. The molecule has 4 rings (SSSR count). The predicted octanol–water partition coefficient (Wildman–Crippen LogP) is 4.03. The largest absolute Gasteiger partial charge is 0.376 e. The third-order valence-electron chi connectivity index (χ3n) is 4.99. The molecule has 3 heterocycles. The number of imidazole rings is 1. The number of hydrogen-bond acceptors (Lipinski definition) is 3. The number of benzene rings is 1. The number of carbonyl (C=O) groups excluding carboxylic acids is 1. The van der Waals surface area contributed by atoms with Gasteiger partial charge in [0.05, 0.1) is 17.4 Å². The molecular weight excluding hydrogens is 338 g/mol. The second-order valence-corrected chi connectivity index (χ2v) is 7.06. The minimum absolute atomic E-state index is 0.0664. The van der Waals surface area contributed by atoms with Crippen LogP contribution >= 0.6 is 0 Å². The first-order chi connectivity index (χ1) is 13.2. The molecule has 1 unspecified atom stereocenters. The molecule has 0 spiro atoms. The van der Waals surface area contributed by atoms with Gasteiger partial charge >= 0.3 is 0 Å². The maximum absolute atomic E-state index is 13.0. The Morgan fingerprint density at radius 3 is 2.85 bits per heavy atom. The highest BCUT2D eigenvalue weighted by atomic mass is 16.5. The molecule has 5 nitrogen and oxygen atoms in total. The fourth-order valence-corrected chi connectivity index (χ4v) is 3.59. The summed E-state index contributed by atoms with van der Waals surface area (Å²) in [5.41, 5.74) is 3.51. The van der Waals surface area contributed by atoms with E-state index < -0.39 is 0 Å². The number of pyridine rings is 1. The standard InChI is InChI=1S/C22H25N3O2/c1-2-13-27-19-9-6-12-24(15-19)22(26)18-10-11-21-23-20(16-25(21)14-18)17-7-4-3-5-8-17/h3-5,7-8,10-11,14,16,19H,2,6,9,12-13,15H2,1H3. The molecule has 1 amide bonds. The molecular formula is C22H25N3O2. The number of piperidine rings is 1. The van der Waals surface area contributed by atoms with Crippen LogP contribution in [0.1, 0.15) is 36.5 Å². The first-order valence-electron chi connectivity index (χ1n) is 9.69. The molecule has 0 bridgehead atoms. The second kappa shape index (κ2) is 7.92. The lowest BCUT2D eigenvalue weighted by molar-refractivity contribution is 0.00209. The van der Waals surface area contributed by atoms with Crippen LogP contribution in [0.5, 0.6) is 0 Å². The lowest BCUT2D eigenvalue weighted by Gasteiger charge is -2.32. The minimum atomic E-state index is 0.0664. The van der Waals surface area contributed by atoms with Crippen LogP contribution in [0.2, 0.25) is 0 Å². The summed E-state index contributed by atoms with van der Waals surface area (Å²) in [6.07, 6.45) is 7.05. The Bertz CT molecular complexity index is 920. The van der Waals surface area contributed by atoms with Gasteiger partial charge in [0.25, 0.3) is 5.91 Å². The van der Waals surface area contributed by atoms with Crippen LogP contribution in [-0.2, 0) is 4.74 Å². The summed E-state index contributed by atoms with van der Waals surface area (Å²) in [5.74, 6) is 0.0664. The van der Waals surface area contributed by atoms with Crippen LogP contribution in [0.3, 0.4) is 0 Å². The molecule has 2 aromatic heterocycles. The highest BCUT2D eigenvalue weighted by molar-refractivity contribution is 5.94. The van der Waals surface area contributed by atoms with Gasteiger partial charge < -0.3 is 14.0 Å². The van der Waals surface area contributed by atoms with E-state index >= 15 is 0 Å². The SMILES string of the molecule is CCCOC1CCCN(C(=O)c2ccc3nc(-c4ccccc4)cn3c2)C1. The van der Waals surface area contributed by atoms with Gasteiger partial charge in [0, 0.05) is 37.7 Å². The van der Waals surface area contributed by atoms with Crippen molar-refractivity contribution in [1.82, 2.24) is 14.3 Å². The van der Waals surface area contributed by atoms with E-state index in [0.29, 0.717) is 12.1 Å². The third kappa shape index (κ3) is 3.88. The lowest BCUT2D eigenvalue weighted by Crippen LogP contribution is -2.43. The molecule has 0 N–H and O–H groups in total. The van der Waals surface area contributed by atoms with Gasteiger partial charge in [-0.1, -0.05) is 37.3 Å². The fraction of sp³-hybridized carbons (Fsp3) is 0.364. The predicted molar refractivity (Wildman–Crippen MR) is 106 cm³/mol. The summed E-state index contributed by atoms with van der Waals surface area (Å²) in [6, 6.07) is 13.9. The van der Waals surface area contributed by atoms with Crippen LogP contribution in [0.4, 0.5) is 0 Å². The Morgan fingerprint density at radius 1 is 1.19 bits per heavy atom. The maximum Gasteiger partial charge on any atom is 0.255 e. The molecule has 27 heavy (non-hydrogen) atoms. The Kier molecular flexibility index (Phi) is 5.21. The van der Waals surface area contributed by atoms with Crippen molar-refractivity contribution in [3.05, 3.63) is 60.4 Å². The molecule has 1 saturated heterocycles. The Morgan fingerprint density at radius 2 is 2.04 bits per heavy atom. The first kappa shape index (κ1) is 17.7. The molecule has 0 aliphatic carbocycles. The molecule has 0 saturated carbocycles. The summed E-state index contributed by atoms with van der Waals surface area (Å²) < 4.78 is 7.80. The zero-order valence-electron chi connectivity index (χ0n) is 15.7. The van der Waals surface area contributed by atoms with Crippen molar-refractivity contribution in [2.75, 3.05) is 19.7 Å². The monoisotopic (exact) mass is 363 g/mol. The maximum atomic E-state index is 13.0. The van der Waals surface area contributed by atoms with Gasteiger partial charge in [-0.3, -0.25) is 4.79 Å². The van der Waals surface area contributed by atoms with Crippen molar-refractivity contribution in [1.29, 1.82) is 0 Å². The van der Waals surface area contributed by atoms with Gasteiger partial charge in [-0.2, -0.15) is 0 Å². The van der Waals surface area contributed by atoms with Gasteiger partial charge in [-0.15, -0.1) is 0 Å². The summed E-state index contributed by atoms with van der Waals surface area (Å²) >= 11 is 0. The quantitative estimate of drug-likeness (QED) is 0.687. The molecule has 1 aliphatic heterocycles. The average molecular weight is 363 g/mol. The summed E-state index contributed by atoms with van der Waals surface area (Å²) in [7, 11) is 0. The van der Waals surface area contributed by atoms with E-state index in [-0.39, 0.29) is 12.0 Å². The van der Waals surface area contributed by atoms with Crippen LogP contribution in [-0.4, -0.2) is 46.0 Å². The molecule has 1 atom stereocenters. The zero-order valence-corrected chi connectivity index (χ0v) is 15.7. The average Bonchev–Trinajstić information content (AvgIpc) is 3.16. The van der Waals surface area contributed by atoms with Crippen LogP contribution in [0.15, 0.2) is 54.9 Å². The molecule has 1 fully saturated rings. The highest BCUT2D eigenvalue weighted by Gasteiger charge is 2.25. The Labute approximate surface area is 159 Å². The number of aromatic nitrogens is 2. The smallest absolute Gasteiger partial charge is 0.255 e. The number of ether oxygens (including phenoxy) is 1. The number of rotatable bonds is 5. The number of nitrogens with zero attached hydrogens (tertiary/aromatic N) is 3. The third-order valence-corrected chi connectivity index (χ3v) is 4.99. The van der Waals surface area contributed by atoms with E-state index in [1.54, 1.807) is 0 Å². The van der Waals surface area contributed by atoms with E-state index in [0.717, 1.165) is 49.3 Å². The van der Waals surface area contributed by atoms with Crippen molar-refractivity contribution in [2.24, 2.45) is 0 Å². The Hall–Kier alpha value is -2.66. The molecule has 1 aliphatic rings. The molecule has 1 aromatic carbocycles. The fourth-order valence-electron chi connectivity index (χ4n) is 3.59. The molecule has 140 valence electrons. The van der Waals surface area contributed by atoms with Gasteiger partial charge in [0.2, 0.25) is 0 Å². The first-order valence-corrected chi connectivity index (χ1v) is 9.69. The van der Waals surface area contributed by atoms with Crippen molar-refractivity contribution >= 4 is 11.6 Å². The molecule has 5 heteroatoms. The van der Waals surface area contributed by atoms with E-state index in [9.17, 15) is 4.79 Å². The van der Waals surface area contributed by atoms with Crippen molar-refractivity contribution in [3.8, 4) is 11.3 Å². The van der Waals surface area contributed by atoms with Crippen LogP contribution < -0.4 is 0 Å². The van der Waals surface area contributed by atoms with E-state index in [1.165, 1.54) is 0 Å². The number of amides is 1. The van der Waals surface area contributed by atoms with Gasteiger partial charge in [0.15, 0.2) is 0 Å². The number of fused-ring (bicyclic) bond motifs is 1. The topological polar surface area (TPSA) is 46.8 Å². The van der Waals surface area contributed by atoms with Crippen LogP contribution in [0, 0.1) is 0 Å². The number of carbonyl (C=O) groups is 1. The highest BCUT2D eigenvalue weighted by Crippen LogP contribution is 2.21. The van der Waals surface area contributed by atoms with E-state index in [2.05, 4.69) is 11.9 Å². The lowest BCUT2D eigenvalue weighted by atomic mass is 10.1. The van der Waals surface area contributed by atoms with Crippen molar-refractivity contribution < 1.29 is 9.53 Å². The number of hydrogen-bond donors (Lipinski definition) is 0. The van der Waals surface area contributed by atoms with Gasteiger partial charge in [-0.05, 0) is 31.4 Å². The summed E-state index contributed by atoms with van der Waals surface area (Å²) in [5, 5.41) is 0. The molecule has 0 radical (unpaired) electrons. The van der Waals surface area contributed by atoms with Crippen molar-refractivity contribution in [2.45, 2.75) is 32.3 Å². The van der Waals surface area contributed by atoms with Gasteiger partial charge in [0.1, 0.15) is 5.65 Å². The second-order valence-electron chi connectivity index (χ2n) is 7.06. The van der Waals surface area contributed by atoms with Crippen LogP contribution in [0.25, 0.3) is 16.9 Å². The summed E-state index contributed by atoms with van der Waals surface area (Å²) in [6.45, 7) is 4.34. The number of likely N-dealkylation sites (tertiary alicyclic amines) is 1. The van der Waals surface area contributed by atoms with E-state index in [1.807, 2.05) is 64.2 Å². The van der Waals surface area contributed by atoms with Crippen molar-refractivity contribution in [3.63, 3.8) is 0 Å². The Balaban J connectivity index is 1.54.